The highest BCUT2D eigenvalue weighted by Crippen LogP contribution is 2.35. The molecule has 1 saturated heterocycles. The average molecular weight is 594 g/mol. The molecule has 0 atom stereocenters. The zero-order valence-electron chi connectivity index (χ0n) is 24.2. The van der Waals surface area contributed by atoms with E-state index >= 15 is 0 Å². The summed E-state index contributed by atoms with van der Waals surface area (Å²) in [5.74, 6) is 0.187. The highest BCUT2D eigenvalue weighted by Gasteiger charge is 2.31. The lowest BCUT2D eigenvalue weighted by Gasteiger charge is -2.15. The Morgan fingerprint density at radius 1 is 1.10 bits per heavy atom. The van der Waals surface area contributed by atoms with E-state index in [4.69, 9.17) is 18.6 Å². The molecule has 3 heterocycles. The van der Waals surface area contributed by atoms with Crippen molar-refractivity contribution < 1.29 is 36.6 Å². The van der Waals surface area contributed by atoms with Crippen LogP contribution in [0.15, 0.2) is 45.9 Å². The number of halogens is 3. The van der Waals surface area contributed by atoms with Gasteiger partial charge in [0.25, 0.3) is 0 Å². The van der Waals surface area contributed by atoms with Gasteiger partial charge in [0.05, 0.1) is 37.4 Å². The van der Waals surface area contributed by atoms with Gasteiger partial charge in [-0.3, -0.25) is 14.7 Å². The normalized spacial score (nSPS) is 13.5. The third-order valence-electron chi connectivity index (χ3n) is 6.11. The molecule has 3 aromatic rings. The average Bonchev–Trinajstić information content (AvgIpc) is 3.46. The molecule has 0 aliphatic carbocycles. The minimum Gasteiger partial charge on any atom is -0.492 e. The van der Waals surface area contributed by atoms with Crippen LogP contribution in [0.1, 0.15) is 68.1 Å². The number of fused-ring (bicyclic) bond motifs is 1. The maximum Gasteiger partial charge on any atom is 0.416 e. The molecule has 1 aliphatic rings. The lowest BCUT2D eigenvalue weighted by Crippen LogP contribution is -2.22. The number of esters is 1. The van der Waals surface area contributed by atoms with Crippen molar-refractivity contribution >= 4 is 16.9 Å². The molecule has 230 valence electrons. The van der Waals surface area contributed by atoms with Crippen LogP contribution in [0.5, 0.6) is 11.5 Å². The molecule has 4 rings (SSSR count). The number of aromatic nitrogens is 1. The molecule has 0 radical (unpaired) electrons. The second-order valence-corrected chi connectivity index (χ2v) is 9.70. The summed E-state index contributed by atoms with van der Waals surface area (Å²) < 4.78 is 61.4. The summed E-state index contributed by atoms with van der Waals surface area (Å²) >= 11 is 0. The van der Waals surface area contributed by atoms with Crippen molar-refractivity contribution in [3.63, 3.8) is 0 Å². The van der Waals surface area contributed by atoms with Crippen LogP contribution in [0.2, 0.25) is 0 Å². The molecule has 0 unspecified atom stereocenters. The molecule has 42 heavy (non-hydrogen) atoms. The quantitative estimate of drug-likeness (QED) is 0.206. The summed E-state index contributed by atoms with van der Waals surface area (Å²) in [6, 6.07) is 4.53. The minimum atomic E-state index is -4.52. The molecule has 1 N–H and O–H groups in total. The SMILES string of the molecule is CCC.CCOC(=O)c1cnc2cc(C(F)(F)F)ccc2c1OCCCCCOc1coc(CN2CCNC2)cc1=O. The molecule has 12 heteroatoms. The second kappa shape index (κ2) is 16.1. The molecule has 2 aromatic heterocycles. The van der Waals surface area contributed by atoms with Crippen LogP contribution >= 0.6 is 0 Å². The molecule has 1 aromatic carbocycles. The van der Waals surface area contributed by atoms with Crippen molar-refractivity contribution in [3.8, 4) is 11.5 Å². The highest BCUT2D eigenvalue weighted by atomic mass is 19.4. The van der Waals surface area contributed by atoms with E-state index in [1.807, 2.05) is 0 Å². The van der Waals surface area contributed by atoms with Gasteiger partial charge in [0.15, 0.2) is 0 Å². The molecule has 0 spiro atoms. The van der Waals surface area contributed by atoms with Crippen molar-refractivity contribution in [2.45, 2.75) is 59.2 Å². The first-order valence-corrected chi connectivity index (χ1v) is 14.1. The fraction of sp³-hybridized carbons (Fsp3) is 0.500. The first-order chi connectivity index (χ1) is 20.2. The van der Waals surface area contributed by atoms with Gasteiger partial charge in [-0.15, -0.1) is 0 Å². The number of carbonyl (C=O) groups excluding carboxylic acids is 1. The third-order valence-corrected chi connectivity index (χ3v) is 6.11. The number of rotatable bonds is 12. The van der Waals surface area contributed by atoms with E-state index in [0.717, 1.165) is 31.9 Å². The third kappa shape index (κ3) is 9.45. The monoisotopic (exact) mass is 593 g/mol. The lowest BCUT2D eigenvalue weighted by atomic mass is 10.1. The van der Waals surface area contributed by atoms with Crippen LogP contribution in [0.4, 0.5) is 13.2 Å². The van der Waals surface area contributed by atoms with E-state index in [2.05, 4.69) is 29.0 Å². The van der Waals surface area contributed by atoms with Gasteiger partial charge in [-0.2, -0.15) is 13.2 Å². The van der Waals surface area contributed by atoms with E-state index < -0.39 is 17.7 Å². The number of nitrogens with one attached hydrogen (secondary N) is 1. The highest BCUT2D eigenvalue weighted by molar-refractivity contribution is 5.99. The zero-order valence-corrected chi connectivity index (χ0v) is 24.2. The van der Waals surface area contributed by atoms with Crippen LogP contribution in [-0.4, -0.2) is 55.4 Å². The molecule has 0 saturated carbocycles. The zero-order chi connectivity index (χ0) is 30.5. The van der Waals surface area contributed by atoms with Gasteiger partial charge in [0.1, 0.15) is 23.3 Å². The van der Waals surface area contributed by atoms with Gasteiger partial charge in [0.2, 0.25) is 11.2 Å². The fourth-order valence-corrected chi connectivity index (χ4v) is 4.13. The Labute approximate surface area is 243 Å². The van der Waals surface area contributed by atoms with E-state index in [0.29, 0.717) is 38.2 Å². The maximum absolute atomic E-state index is 13.1. The van der Waals surface area contributed by atoms with Gasteiger partial charge in [-0.25, -0.2) is 4.79 Å². The lowest BCUT2D eigenvalue weighted by molar-refractivity contribution is -0.137. The van der Waals surface area contributed by atoms with E-state index in [-0.39, 0.29) is 46.6 Å². The van der Waals surface area contributed by atoms with Gasteiger partial charge in [0, 0.05) is 37.4 Å². The standard InChI is InChI=1S/C27H30F3N3O6.C3H8/c1-2-36-26(35)21-14-32-22-12-18(27(28,29)30)6-7-20(22)25(21)38-11-5-3-4-10-37-24-16-39-19(13-23(24)34)15-33-9-8-31-17-33;1-3-2/h6-7,12-14,16,31H,2-5,8-11,15,17H2,1H3;3H2,1-2H3. The predicted octanol–water partition coefficient (Wildman–Crippen LogP) is 5.79. The summed E-state index contributed by atoms with van der Waals surface area (Å²) in [5.41, 5.74) is -0.979. The number of nitrogens with zero attached hydrogens (tertiary/aromatic N) is 2. The first-order valence-electron chi connectivity index (χ1n) is 14.1. The predicted molar refractivity (Wildman–Crippen MR) is 152 cm³/mol. The van der Waals surface area contributed by atoms with Crippen molar-refractivity contribution in [2.24, 2.45) is 0 Å². The maximum atomic E-state index is 13.1. The Balaban J connectivity index is 0.00000155. The van der Waals surface area contributed by atoms with E-state index in [1.165, 1.54) is 31.0 Å². The van der Waals surface area contributed by atoms with Gasteiger partial charge in [-0.05, 0) is 44.4 Å². The molecule has 0 amide bonds. The Morgan fingerprint density at radius 2 is 1.83 bits per heavy atom. The van der Waals surface area contributed by atoms with Gasteiger partial charge >= 0.3 is 12.1 Å². The number of hydrogen-bond acceptors (Lipinski definition) is 9. The topological polar surface area (TPSA) is 103 Å². The number of carbonyl (C=O) groups is 1. The number of benzene rings is 1. The Kier molecular flexibility index (Phi) is 12.6. The van der Waals surface area contributed by atoms with Crippen LogP contribution in [-0.2, 0) is 17.5 Å². The largest absolute Gasteiger partial charge is 0.492 e. The number of ether oxygens (including phenoxy) is 3. The number of unbranched alkanes of at least 4 members (excludes halogenated alkanes) is 2. The van der Waals surface area contributed by atoms with E-state index in [9.17, 15) is 22.8 Å². The summed E-state index contributed by atoms with van der Waals surface area (Å²) in [4.78, 5) is 30.9. The molecular formula is C30H38F3N3O6. The number of pyridine rings is 1. The Morgan fingerprint density at radius 3 is 2.48 bits per heavy atom. The van der Waals surface area contributed by atoms with Crippen LogP contribution in [0.3, 0.4) is 0 Å². The smallest absolute Gasteiger partial charge is 0.416 e. The summed E-state index contributed by atoms with van der Waals surface area (Å²) in [6.45, 7) is 9.64. The molecule has 0 bridgehead atoms. The fourth-order valence-electron chi connectivity index (χ4n) is 4.13. The van der Waals surface area contributed by atoms with Crippen LogP contribution in [0.25, 0.3) is 10.9 Å². The van der Waals surface area contributed by atoms with E-state index in [1.54, 1.807) is 6.92 Å². The summed E-state index contributed by atoms with van der Waals surface area (Å²) in [5, 5.41) is 3.50. The Hall–Kier alpha value is -3.64. The van der Waals surface area contributed by atoms with Crippen molar-refractivity contribution in [2.75, 3.05) is 39.6 Å². The molecule has 1 aliphatic heterocycles. The molecular weight excluding hydrogens is 555 g/mol. The van der Waals surface area contributed by atoms with Gasteiger partial charge < -0.3 is 23.9 Å². The van der Waals surface area contributed by atoms with Gasteiger partial charge in [-0.1, -0.05) is 20.3 Å². The van der Waals surface area contributed by atoms with Crippen molar-refractivity contribution in [1.29, 1.82) is 0 Å². The number of hydrogen-bond donors (Lipinski definition) is 1. The minimum absolute atomic E-state index is 0.0450. The van der Waals surface area contributed by atoms with Crippen LogP contribution < -0.4 is 20.2 Å². The second-order valence-electron chi connectivity index (χ2n) is 9.70. The van der Waals surface area contributed by atoms with Crippen molar-refractivity contribution in [1.82, 2.24) is 15.2 Å². The number of alkyl halides is 3. The summed E-state index contributed by atoms with van der Waals surface area (Å²) in [6.07, 6.45) is 1.12. The van der Waals surface area contributed by atoms with Crippen molar-refractivity contribution in [3.05, 3.63) is 63.8 Å². The molecule has 9 nitrogen and oxygen atoms in total. The molecule has 1 fully saturated rings. The Bertz CT molecular complexity index is 1360. The van der Waals surface area contributed by atoms with Crippen LogP contribution in [0, 0.1) is 0 Å². The summed E-state index contributed by atoms with van der Waals surface area (Å²) in [7, 11) is 0. The first kappa shape index (κ1) is 32.9.